The summed E-state index contributed by atoms with van der Waals surface area (Å²) in [6.45, 7) is 4.10. The number of hydrogen-bond acceptors (Lipinski definition) is 9. The molecule has 3 heterocycles. The van der Waals surface area contributed by atoms with Crippen LogP contribution < -0.4 is 10.6 Å². The van der Waals surface area contributed by atoms with Crippen LogP contribution in [0.25, 0.3) is 0 Å². The molecule has 2 N–H and O–H groups in total. The van der Waals surface area contributed by atoms with E-state index in [0.717, 1.165) is 61.8 Å². The predicted octanol–water partition coefficient (Wildman–Crippen LogP) is 5.54. The van der Waals surface area contributed by atoms with Crippen molar-refractivity contribution in [3.63, 3.8) is 0 Å². The lowest BCUT2D eigenvalue weighted by Gasteiger charge is -2.26. The van der Waals surface area contributed by atoms with E-state index in [-0.39, 0.29) is 42.7 Å². The highest BCUT2D eigenvalue weighted by molar-refractivity contribution is 8.00. The number of nitrogens with zero attached hydrogens (tertiary/aromatic N) is 3. The third kappa shape index (κ3) is 6.27. The fourth-order valence-electron chi connectivity index (χ4n) is 5.37. The van der Waals surface area contributed by atoms with Gasteiger partial charge in [0.1, 0.15) is 5.00 Å². The van der Waals surface area contributed by atoms with E-state index in [4.69, 9.17) is 9.15 Å². The largest absolute Gasteiger partial charge is 0.462 e. The van der Waals surface area contributed by atoms with Crippen molar-refractivity contribution >= 4 is 45.9 Å². The van der Waals surface area contributed by atoms with Gasteiger partial charge in [0, 0.05) is 10.9 Å². The number of hydrogen-bond donors (Lipinski definition) is 2. The number of aromatic nitrogens is 3. The Kier molecular flexibility index (Phi) is 9.25. The molecule has 1 fully saturated rings. The summed E-state index contributed by atoms with van der Waals surface area (Å²) in [7, 11) is 0. The van der Waals surface area contributed by atoms with Crippen LogP contribution in [0, 0.1) is 0 Å². The van der Waals surface area contributed by atoms with Crippen LogP contribution in [0.1, 0.15) is 102 Å². The average molecular weight is 586 g/mol. The Bertz CT molecular complexity index is 1340. The van der Waals surface area contributed by atoms with Crippen molar-refractivity contribution in [1.29, 1.82) is 0 Å². The van der Waals surface area contributed by atoms with Crippen LogP contribution in [0.2, 0.25) is 0 Å². The number of anilines is 1. The highest BCUT2D eigenvalue weighted by Crippen LogP contribution is 2.39. The van der Waals surface area contributed by atoms with Gasteiger partial charge in [-0.05, 0) is 70.1 Å². The molecule has 3 aromatic rings. The first kappa shape index (κ1) is 28.4. The van der Waals surface area contributed by atoms with Crippen LogP contribution in [0.4, 0.5) is 5.00 Å². The fourth-order valence-corrected chi connectivity index (χ4v) is 7.59. The number of thioether (sulfide) groups is 1. The van der Waals surface area contributed by atoms with Gasteiger partial charge in [0.05, 0.1) is 30.2 Å². The summed E-state index contributed by atoms with van der Waals surface area (Å²) in [6, 6.07) is 3.48. The summed E-state index contributed by atoms with van der Waals surface area (Å²) in [4.78, 5) is 39.8. The van der Waals surface area contributed by atoms with E-state index in [1.54, 1.807) is 19.1 Å². The van der Waals surface area contributed by atoms with Crippen LogP contribution in [-0.4, -0.2) is 44.4 Å². The second-order valence-corrected chi connectivity index (χ2v) is 12.5. The first-order chi connectivity index (χ1) is 19.5. The van der Waals surface area contributed by atoms with E-state index in [9.17, 15) is 14.4 Å². The Morgan fingerprint density at radius 1 is 1.18 bits per heavy atom. The number of aryl methyl sites for hydroxylation is 1. The van der Waals surface area contributed by atoms with Gasteiger partial charge < -0.3 is 24.4 Å². The molecule has 3 aromatic heterocycles. The second kappa shape index (κ2) is 13.0. The number of nitrogens with one attached hydrogen (secondary N) is 2. The summed E-state index contributed by atoms with van der Waals surface area (Å²) in [5.74, 6) is -0.0181. The molecule has 0 saturated heterocycles. The van der Waals surface area contributed by atoms with E-state index < -0.39 is 5.25 Å². The molecule has 214 valence electrons. The highest BCUT2D eigenvalue weighted by atomic mass is 32.2. The Labute approximate surface area is 241 Å². The lowest BCUT2D eigenvalue weighted by atomic mass is 9.95. The highest BCUT2D eigenvalue weighted by Gasteiger charge is 2.30. The fraction of sp³-hybridized carbons (Fsp3) is 0.536. The predicted molar refractivity (Wildman–Crippen MR) is 153 cm³/mol. The Hall–Kier alpha value is -3.12. The van der Waals surface area contributed by atoms with Crippen molar-refractivity contribution in [3.05, 3.63) is 46.0 Å². The maximum Gasteiger partial charge on any atom is 0.341 e. The number of furan rings is 1. The monoisotopic (exact) mass is 585 g/mol. The number of thiophene rings is 1. The number of amides is 2. The maximum absolute atomic E-state index is 13.4. The van der Waals surface area contributed by atoms with E-state index in [0.29, 0.717) is 21.5 Å². The smallest absolute Gasteiger partial charge is 0.341 e. The van der Waals surface area contributed by atoms with E-state index >= 15 is 0 Å². The van der Waals surface area contributed by atoms with Gasteiger partial charge in [-0.25, -0.2) is 4.79 Å². The van der Waals surface area contributed by atoms with Crippen LogP contribution in [0.5, 0.6) is 0 Å². The molecule has 40 heavy (non-hydrogen) atoms. The molecule has 5 rings (SSSR count). The number of esters is 1. The summed E-state index contributed by atoms with van der Waals surface area (Å²) < 4.78 is 12.6. The maximum atomic E-state index is 13.4. The number of ether oxygens (including phenoxy) is 1. The van der Waals surface area contributed by atoms with Crippen molar-refractivity contribution in [2.24, 2.45) is 0 Å². The standard InChI is InChI=1S/C28H35N5O5S2/c1-3-37-27(36)23-19-12-7-8-14-21(19)40-26(23)30-24(34)17(2)39-28-32-31-22(33(28)18-10-5-4-6-11-18)16-29-25(35)20-13-9-15-38-20/h9,13,15,17-18H,3-8,10-12,14,16H2,1-2H3,(H,29,35)(H,30,34). The zero-order valence-corrected chi connectivity index (χ0v) is 24.5. The molecule has 0 bridgehead atoms. The number of carbonyl (C=O) groups is 3. The van der Waals surface area contributed by atoms with Crippen molar-refractivity contribution in [2.45, 2.75) is 94.6 Å². The van der Waals surface area contributed by atoms with Gasteiger partial charge in [-0.3, -0.25) is 9.59 Å². The minimum Gasteiger partial charge on any atom is -0.462 e. The van der Waals surface area contributed by atoms with Gasteiger partial charge >= 0.3 is 5.97 Å². The first-order valence-corrected chi connectivity index (χ1v) is 15.7. The van der Waals surface area contributed by atoms with Gasteiger partial charge in [-0.15, -0.1) is 21.5 Å². The zero-order chi connectivity index (χ0) is 28.1. The van der Waals surface area contributed by atoms with Crippen LogP contribution in [0.3, 0.4) is 0 Å². The molecule has 1 unspecified atom stereocenters. The third-order valence-electron chi connectivity index (χ3n) is 7.37. The number of carbonyl (C=O) groups excluding carboxylic acids is 3. The molecule has 1 saturated carbocycles. The van der Waals surface area contributed by atoms with Gasteiger partial charge in [0.15, 0.2) is 16.7 Å². The van der Waals surface area contributed by atoms with E-state index in [1.165, 1.54) is 35.8 Å². The molecule has 0 spiro atoms. The lowest BCUT2D eigenvalue weighted by molar-refractivity contribution is -0.115. The van der Waals surface area contributed by atoms with E-state index in [1.807, 2.05) is 6.92 Å². The minimum absolute atomic E-state index is 0.202. The van der Waals surface area contributed by atoms with Crippen LogP contribution in [-0.2, 0) is 28.9 Å². The summed E-state index contributed by atoms with van der Waals surface area (Å²) in [5, 5.41) is 15.4. The molecule has 0 aliphatic heterocycles. The quantitative estimate of drug-likeness (QED) is 0.234. The number of rotatable bonds is 10. The van der Waals surface area contributed by atoms with Crippen molar-refractivity contribution in [3.8, 4) is 0 Å². The molecule has 10 nitrogen and oxygen atoms in total. The zero-order valence-electron chi connectivity index (χ0n) is 22.9. The first-order valence-electron chi connectivity index (χ1n) is 14.0. The molecular formula is C28H35N5O5S2. The van der Waals surface area contributed by atoms with Gasteiger partial charge in [0.25, 0.3) is 5.91 Å². The number of fused-ring (bicyclic) bond motifs is 1. The Balaban J connectivity index is 1.32. The molecular weight excluding hydrogens is 550 g/mol. The summed E-state index contributed by atoms with van der Waals surface area (Å²) in [5.41, 5.74) is 1.52. The van der Waals surface area contributed by atoms with E-state index in [2.05, 4.69) is 25.4 Å². The van der Waals surface area contributed by atoms with Crippen molar-refractivity contribution in [1.82, 2.24) is 20.1 Å². The molecule has 1 atom stereocenters. The van der Waals surface area contributed by atoms with Crippen molar-refractivity contribution < 1.29 is 23.5 Å². The molecule has 2 aliphatic rings. The topological polar surface area (TPSA) is 128 Å². The van der Waals surface area contributed by atoms with Gasteiger partial charge in [-0.2, -0.15) is 0 Å². The lowest BCUT2D eigenvalue weighted by Crippen LogP contribution is -2.27. The molecule has 0 aromatic carbocycles. The SMILES string of the molecule is CCOC(=O)c1c(NC(=O)C(C)Sc2nnc(CNC(=O)c3ccco3)n2C2CCCCC2)sc2c1CCCC2. The molecule has 2 aliphatic carbocycles. The molecule has 12 heteroatoms. The molecule has 2 amide bonds. The normalized spacial score (nSPS) is 16.2. The van der Waals surface area contributed by atoms with Gasteiger partial charge in [-0.1, -0.05) is 31.0 Å². The minimum atomic E-state index is -0.494. The second-order valence-electron chi connectivity index (χ2n) is 10.1. The van der Waals surface area contributed by atoms with Gasteiger partial charge in [0.2, 0.25) is 5.91 Å². The average Bonchev–Trinajstić information content (AvgIpc) is 3.71. The summed E-state index contributed by atoms with van der Waals surface area (Å²) >= 11 is 2.82. The van der Waals surface area contributed by atoms with Crippen LogP contribution >= 0.6 is 23.1 Å². The van der Waals surface area contributed by atoms with Crippen molar-refractivity contribution in [2.75, 3.05) is 11.9 Å². The molecule has 0 radical (unpaired) electrons. The van der Waals surface area contributed by atoms with Crippen LogP contribution in [0.15, 0.2) is 28.0 Å². The Morgan fingerprint density at radius 2 is 1.98 bits per heavy atom. The summed E-state index contributed by atoms with van der Waals surface area (Å²) in [6.07, 6.45) is 10.7. The third-order valence-corrected chi connectivity index (χ3v) is 9.63. The Morgan fingerprint density at radius 3 is 2.73 bits per heavy atom.